The van der Waals surface area contributed by atoms with E-state index in [2.05, 4.69) is 41.7 Å². The normalized spacial score (nSPS) is 13.9. The van der Waals surface area contributed by atoms with Crippen molar-refractivity contribution in [2.75, 3.05) is 6.61 Å². The number of carbonyl (C=O) groups is 1. The summed E-state index contributed by atoms with van der Waals surface area (Å²) in [5.74, 6) is -0.384. The highest BCUT2D eigenvalue weighted by Crippen LogP contribution is 2.37. The van der Waals surface area contributed by atoms with E-state index in [1.165, 1.54) is 11.3 Å². The Morgan fingerprint density at radius 2 is 2.08 bits per heavy atom. The zero-order chi connectivity index (χ0) is 18.1. The van der Waals surface area contributed by atoms with Gasteiger partial charge in [0.25, 0.3) is 0 Å². The summed E-state index contributed by atoms with van der Waals surface area (Å²) >= 11 is 4.86. The summed E-state index contributed by atoms with van der Waals surface area (Å²) in [4.78, 5) is 15.9. The summed E-state index contributed by atoms with van der Waals surface area (Å²) in [7, 11) is -2.18. The number of hydrogen-bond donors (Lipinski definition) is 1. The molecule has 0 bridgehead atoms. The lowest BCUT2D eigenvalue weighted by Gasteiger charge is -2.38. The molecule has 0 aliphatic carbocycles. The number of aromatic nitrogens is 1. The van der Waals surface area contributed by atoms with Gasteiger partial charge >= 0.3 is 5.97 Å². The molecule has 1 heterocycles. The zero-order valence-corrected chi connectivity index (χ0v) is 17.8. The summed E-state index contributed by atoms with van der Waals surface area (Å²) < 4.78 is 13.4. The van der Waals surface area contributed by atoms with Crippen LogP contribution in [0.2, 0.25) is 18.1 Å². The SMILES string of the molecule is CC(C)(C)[Si](C)(C)O[C@H](COc1ccc2nc(Br)sc2c1)C(=O)O. The molecular formula is C16H22BrNO4SSi. The fourth-order valence-electron chi connectivity index (χ4n) is 1.83. The lowest BCUT2D eigenvalue weighted by atomic mass is 10.2. The number of rotatable bonds is 6. The number of halogens is 1. The quantitative estimate of drug-likeness (QED) is 0.657. The maximum Gasteiger partial charge on any atom is 0.335 e. The smallest absolute Gasteiger partial charge is 0.335 e. The third-order valence-corrected chi connectivity index (χ3v) is 10.2. The van der Waals surface area contributed by atoms with E-state index in [-0.39, 0.29) is 11.6 Å². The first-order valence-electron chi connectivity index (χ1n) is 7.59. The molecule has 0 aliphatic heterocycles. The monoisotopic (exact) mass is 431 g/mol. The Kier molecular flexibility index (Phi) is 5.74. The van der Waals surface area contributed by atoms with Crippen molar-refractivity contribution < 1.29 is 19.1 Å². The van der Waals surface area contributed by atoms with E-state index in [0.717, 1.165) is 14.1 Å². The van der Waals surface area contributed by atoms with Crippen molar-refractivity contribution in [1.82, 2.24) is 4.98 Å². The molecule has 0 saturated carbocycles. The highest BCUT2D eigenvalue weighted by molar-refractivity contribution is 9.11. The Morgan fingerprint density at radius 1 is 1.42 bits per heavy atom. The first-order chi connectivity index (χ1) is 11.0. The molecule has 132 valence electrons. The van der Waals surface area contributed by atoms with E-state index < -0.39 is 20.4 Å². The first kappa shape index (κ1) is 19.4. The van der Waals surface area contributed by atoms with E-state index in [1.54, 1.807) is 6.07 Å². The molecule has 1 aromatic carbocycles. The van der Waals surface area contributed by atoms with Crippen LogP contribution in [-0.4, -0.2) is 37.1 Å². The molecule has 8 heteroatoms. The highest BCUT2D eigenvalue weighted by Gasteiger charge is 2.41. The zero-order valence-electron chi connectivity index (χ0n) is 14.4. The van der Waals surface area contributed by atoms with E-state index in [0.29, 0.717) is 5.75 Å². The van der Waals surface area contributed by atoms with Gasteiger partial charge in [-0.2, -0.15) is 0 Å². The topological polar surface area (TPSA) is 68.7 Å². The summed E-state index contributed by atoms with van der Waals surface area (Å²) in [5, 5.41) is 9.40. The van der Waals surface area contributed by atoms with Crippen LogP contribution in [0, 0.1) is 0 Å². The Hall–Kier alpha value is -0.963. The predicted octanol–water partition coefficient (Wildman–Crippen LogP) is 4.91. The van der Waals surface area contributed by atoms with Crippen molar-refractivity contribution in [1.29, 1.82) is 0 Å². The lowest BCUT2D eigenvalue weighted by molar-refractivity contribution is -0.147. The van der Waals surface area contributed by atoms with Crippen LogP contribution in [0.15, 0.2) is 22.1 Å². The van der Waals surface area contributed by atoms with Crippen LogP contribution in [0.1, 0.15) is 20.8 Å². The highest BCUT2D eigenvalue weighted by atomic mass is 79.9. The molecule has 5 nitrogen and oxygen atoms in total. The molecule has 0 aliphatic rings. The van der Waals surface area contributed by atoms with Crippen molar-refractivity contribution in [3.8, 4) is 5.75 Å². The van der Waals surface area contributed by atoms with Gasteiger partial charge in [0.2, 0.25) is 0 Å². The second-order valence-corrected chi connectivity index (χ2v) is 14.2. The van der Waals surface area contributed by atoms with Crippen molar-refractivity contribution in [3.05, 3.63) is 22.1 Å². The number of benzene rings is 1. The van der Waals surface area contributed by atoms with Crippen molar-refractivity contribution in [2.45, 2.75) is 45.0 Å². The number of carboxylic acid groups (broad SMARTS) is 1. The lowest BCUT2D eigenvalue weighted by Crippen LogP contribution is -2.47. The third-order valence-electron chi connectivity index (χ3n) is 4.25. The standard InChI is InChI=1S/C16H22BrNO4SSi/c1-16(2,3)24(4,5)22-12(14(19)20)9-21-10-6-7-11-13(8-10)23-15(17)18-11/h6-8,12H,9H2,1-5H3,(H,19,20)/t12-/m1/s1. The number of fused-ring (bicyclic) bond motifs is 1. The van der Waals surface area contributed by atoms with Gasteiger partial charge in [0, 0.05) is 0 Å². The number of ether oxygens (including phenoxy) is 1. The largest absolute Gasteiger partial charge is 0.490 e. The fraction of sp³-hybridized carbons (Fsp3) is 0.500. The third kappa shape index (κ3) is 4.56. The van der Waals surface area contributed by atoms with Gasteiger partial charge in [0.05, 0.1) is 10.2 Å². The van der Waals surface area contributed by atoms with Crippen molar-refractivity contribution in [3.63, 3.8) is 0 Å². The van der Waals surface area contributed by atoms with Gasteiger partial charge in [-0.1, -0.05) is 20.8 Å². The average molecular weight is 432 g/mol. The summed E-state index contributed by atoms with van der Waals surface area (Å²) in [6.07, 6.45) is -0.977. The van der Waals surface area contributed by atoms with Crippen molar-refractivity contribution in [2.24, 2.45) is 0 Å². The molecule has 0 amide bonds. The fourth-order valence-corrected chi connectivity index (χ4v) is 4.49. The molecular weight excluding hydrogens is 410 g/mol. The van der Waals surface area contributed by atoms with E-state index >= 15 is 0 Å². The van der Waals surface area contributed by atoms with Crippen LogP contribution in [0.25, 0.3) is 10.2 Å². The minimum atomic E-state index is -2.18. The van der Waals surface area contributed by atoms with Crippen LogP contribution in [0.4, 0.5) is 0 Å². The summed E-state index contributed by atoms with van der Waals surface area (Å²) in [5.41, 5.74) is 0.881. The molecule has 0 fully saturated rings. The summed E-state index contributed by atoms with van der Waals surface area (Å²) in [6, 6.07) is 5.51. The van der Waals surface area contributed by atoms with Crippen LogP contribution < -0.4 is 4.74 Å². The van der Waals surface area contributed by atoms with Gasteiger partial charge in [-0.05, 0) is 52.3 Å². The molecule has 1 N–H and O–H groups in total. The van der Waals surface area contributed by atoms with Gasteiger partial charge in [-0.3, -0.25) is 0 Å². The van der Waals surface area contributed by atoms with Gasteiger partial charge in [0.1, 0.15) is 12.4 Å². The molecule has 0 unspecified atom stereocenters. The second-order valence-electron chi connectivity index (χ2n) is 7.11. The van der Waals surface area contributed by atoms with Crippen LogP contribution >= 0.6 is 27.3 Å². The molecule has 0 radical (unpaired) electrons. The number of nitrogens with zero attached hydrogens (tertiary/aromatic N) is 1. The number of thiazole rings is 1. The Balaban J connectivity index is 2.09. The van der Waals surface area contributed by atoms with Crippen LogP contribution in [0.5, 0.6) is 5.75 Å². The van der Waals surface area contributed by atoms with Crippen molar-refractivity contribution >= 4 is 51.8 Å². The van der Waals surface area contributed by atoms with Gasteiger partial charge in [0.15, 0.2) is 18.3 Å². The first-order valence-corrected chi connectivity index (χ1v) is 12.1. The summed E-state index contributed by atoms with van der Waals surface area (Å²) in [6.45, 7) is 10.3. The van der Waals surface area contributed by atoms with Gasteiger partial charge in [-0.25, -0.2) is 9.78 Å². The molecule has 24 heavy (non-hydrogen) atoms. The molecule has 1 atom stereocenters. The Bertz CT molecular complexity index is 741. The minimum Gasteiger partial charge on any atom is -0.490 e. The maximum atomic E-state index is 11.5. The molecule has 2 rings (SSSR count). The predicted molar refractivity (Wildman–Crippen MR) is 103 cm³/mol. The van der Waals surface area contributed by atoms with E-state index in [1.807, 2.05) is 25.2 Å². The maximum absolute atomic E-state index is 11.5. The number of hydrogen-bond acceptors (Lipinski definition) is 5. The van der Waals surface area contributed by atoms with Crippen LogP contribution in [-0.2, 0) is 9.22 Å². The van der Waals surface area contributed by atoms with E-state index in [4.69, 9.17) is 9.16 Å². The second kappa shape index (κ2) is 7.11. The van der Waals surface area contributed by atoms with Gasteiger partial charge in [-0.15, -0.1) is 11.3 Å². The Morgan fingerprint density at radius 3 is 2.67 bits per heavy atom. The minimum absolute atomic E-state index is 0.0205. The molecule has 0 spiro atoms. The average Bonchev–Trinajstić information content (AvgIpc) is 2.81. The van der Waals surface area contributed by atoms with Crippen LogP contribution in [0.3, 0.4) is 0 Å². The Labute approximate surface area is 155 Å². The number of carboxylic acids is 1. The molecule has 1 aromatic heterocycles. The number of aliphatic carboxylic acids is 1. The van der Waals surface area contributed by atoms with Gasteiger partial charge < -0.3 is 14.3 Å². The van der Waals surface area contributed by atoms with E-state index in [9.17, 15) is 9.90 Å². The molecule has 2 aromatic rings. The molecule has 0 saturated heterocycles.